The van der Waals surface area contributed by atoms with E-state index < -0.39 is 0 Å². The first kappa shape index (κ1) is 18.4. The molecule has 0 atom stereocenters. The highest BCUT2D eigenvalue weighted by atomic mass is 79.9. The predicted octanol–water partition coefficient (Wildman–Crippen LogP) is 3.49. The van der Waals surface area contributed by atoms with Crippen LogP contribution in [0.1, 0.15) is 5.56 Å². The van der Waals surface area contributed by atoms with Crippen LogP contribution in [0.4, 0.5) is 14.9 Å². The predicted molar refractivity (Wildman–Crippen MR) is 101 cm³/mol. The lowest BCUT2D eigenvalue weighted by Gasteiger charge is -2.36. The number of piperazine rings is 1. The van der Waals surface area contributed by atoms with Gasteiger partial charge in [0, 0.05) is 36.8 Å². The summed E-state index contributed by atoms with van der Waals surface area (Å²) in [7, 11) is 1.62. The summed E-state index contributed by atoms with van der Waals surface area (Å²) in [6, 6.07) is 13.2. The fourth-order valence-corrected chi connectivity index (χ4v) is 3.10. The maximum absolute atomic E-state index is 13.0. The summed E-state index contributed by atoms with van der Waals surface area (Å²) in [5.74, 6) is -0.439. The summed E-state index contributed by atoms with van der Waals surface area (Å²) in [6.45, 7) is 1.52. The van der Waals surface area contributed by atoms with Crippen LogP contribution >= 0.6 is 15.9 Å². The smallest absolute Gasteiger partial charge is 0.324 e. The molecule has 3 amide bonds. The van der Waals surface area contributed by atoms with Crippen LogP contribution in [-0.4, -0.2) is 48.4 Å². The minimum atomic E-state index is -0.355. The summed E-state index contributed by atoms with van der Waals surface area (Å²) in [6.07, 6.45) is 0. The molecule has 1 aliphatic heterocycles. The molecule has 26 heavy (non-hydrogen) atoms. The second-order valence-corrected chi connectivity index (χ2v) is 7.10. The number of hydrogen-bond donors (Lipinski definition) is 0. The molecule has 1 fully saturated rings. The number of benzene rings is 2. The molecule has 0 unspecified atom stereocenters. The van der Waals surface area contributed by atoms with E-state index in [0.29, 0.717) is 25.3 Å². The van der Waals surface area contributed by atoms with Crippen molar-refractivity contribution in [2.24, 2.45) is 0 Å². The Morgan fingerprint density at radius 3 is 2.38 bits per heavy atom. The molecule has 136 valence electrons. The first-order valence-corrected chi connectivity index (χ1v) is 9.04. The van der Waals surface area contributed by atoms with Crippen molar-refractivity contribution in [1.29, 1.82) is 0 Å². The molecule has 1 heterocycles. The lowest BCUT2D eigenvalue weighted by molar-refractivity contribution is -0.135. The fraction of sp³-hybridized carbons (Fsp3) is 0.263. The SMILES string of the molecule is CN(C(=O)N1CCN(Cc2ccc(Br)cc2)C(=O)C1)c1ccc(F)cc1. The zero-order valence-corrected chi connectivity index (χ0v) is 15.9. The van der Waals surface area contributed by atoms with E-state index in [1.165, 1.54) is 21.9 Å². The monoisotopic (exact) mass is 419 g/mol. The summed E-state index contributed by atoms with van der Waals surface area (Å²) < 4.78 is 14.0. The average Bonchev–Trinajstić information content (AvgIpc) is 2.64. The Balaban J connectivity index is 1.60. The van der Waals surface area contributed by atoms with E-state index in [4.69, 9.17) is 0 Å². The summed E-state index contributed by atoms with van der Waals surface area (Å²) >= 11 is 3.39. The summed E-state index contributed by atoms with van der Waals surface area (Å²) in [5.41, 5.74) is 1.63. The second-order valence-electron chi connectivity index (χ2n) is 6.18. The maximum Gasteiger partial charge on any atom is 0.324 e. The minimum absolute atomic E-state index is 0.0426. The van der Waals surface area contributed by atoms with Gasteiger partial charge in [-0.3, -0.25) is 9.69 Å². The number of carbonyl (C=O) groups excluding carboxylic acids is 2. The standard InChI is InChI=1S/C19H19BrFN3O2/c1-22(17-8-6-16(21)7-9-17)19(26)24-11-10-23(18(25)13-24)12-14-2-4-15(20)5-3-14/h2-9H,10-13H2,1H3. The number of nitrogens with zero attached hydrogens (tertiary/aromatic N) is 3. The van der Waals surface area contributed by atoms with Gasteiger partial charge in [-0.1, -0.05) is 28.1 Å². The summed E-state index contributed by atoms with van der Waals surface area (Å²) in [4.78, 5) is 29.8. The van der Waals surface area contributed by atoms with Gasteiger partial charge in [-0.15, -0.1) is 0 Å². The number of amides is 3. The number of urea groups is 1. The van der Waals surface area contributed by atoms with Gasteiger partial charge in [0.1, 0.15) is 12.4 Å². The van der Waals surface area contributed by atoms with E-state index in [-0.39, 0.29) is 24.3 Å². The molecule has 0 spiro atoms. The van der Waals surface area contributed by atoms with Crippen molar-refractivity contribution >= 4 is 33.6 Å². The molecular weight excluding hydrogens is 401 g/mol. The first-order chi connectivity index (χ1) is 12.4. The van der Waals surface area contributed by atoms with Crippen LogP contribution in [0.15, 0.2) is 53.0 Å². The Bertz CT molecular complexity index is 795. The number of hydrogen-bond acceptors (Lipinski definition) is 2. The Morgan fingerprint density at radius 1 is 1.12 bits per heavy atom. The lowest BCUT2D eigenvalue weighted by Crippen LogP contribution is -2.54. The van der Waals surface area contributed by atoms with Gasteiger partial charge in [0.2, 0.25) is 5.91 Å². The van der Waals surface area contributed by atoms with Gasteiger partial charge in [0.25, 0.3) is 0 Å². The molecule has 5 nitrogen and oxygen atoms in total. The van der Waals surface area contributed by atoms with Crippen LogP contribution in [-0.2, 0) is 11.3 Å². The molecule has 1 saturated heterocycles. The van der Waals surface area contributed by atoms with Crippen molar-refractivity contribution in [2.45, 2.75) is 6.54 Å². The number of anilines is 1. The van der Waals surface area contributed by atoms with Gasteiger partial charge in [0.05, 0.1) is 0 Å². The van der Waals surface area contributed by atoms with Crippen molar-refractivity contribution in [3.05, 3.63) is 64.4 Å². The topological polar surface area (TPSA) is 43.9 Å². The molecule has 2 aromatic carbocycles. The van der Waals surface area contributed by atoms with Gasteiger partial charge < -0.3 is 9.80 Å². The van der Waals surface area contributed by atoms with E-state index in [0.717, 1.165) is 10.0 Å². The van der Waals surface area contributed by atoms with E-state index in [9.17, 15) is 14.0 Å². The van der Waals surface area contributed by atoms with E-state index in [1.807, 2.05) is 24.3 Å². The molecular formula is C19H19BrFN3O2. The first-order valence-electron chi connectivity index (χ1n) is 8.24. The third kappa shape index (κ3) is 4.22. The Morgan fingerprint density at radius 2 is 1.77 bits per heavy atom. The van der Waals surface area contributed by atoms with Crippen molar-refractivity contribution in [2.75, 3.05) is 31.6 Å². The van der Waals surface area contributed by atoms with Crippen molar-refractivity contribution in [3.63, 3.8) is 0 Å². The van der Waals surface area contributed by atoms with Crippen LogP contribution in [0.2, 0.25) is 0 Å². The highest BCUT2D eigenvalue weighted by Gasteiger charge is 2.29. The third-order valence-electron chi connectivity index (χ3n) is 4.38. The Kier molecular flexibility index (Phi) is 5.56. The van der Waals surface area contributed by atoms with Gasteiger partial charge >= 0.3 is 6.03 Å². The normalized spacial score (nSPS) is 14.5. The average molecular weight is 420 g/mol. The van der Waals surface area contributed by atoms with Crippen LogP contribution in [0, 0.1) is 5.82 Å². The molecule has 3 rings (SSSR count). The molecule has 0 N–H and O–H groups in total. The largest absolute Gasteiger partial charge is 0.335 e. The van der Waals surface area contributed by atoms with E-state index in [1.54, 1.807) is 24.1 Å². The number of halogens is 2. The van der Waals surface area contributed by atoms with Crippen LogP contribution in [0.3, 0.4) is 0 Å². The van der Waals surface area contributed by atoms with Crippen molar-refractivity contribution in [1.82, 2.24) is 9.80 Å². The van der Waals surface area contributed by atoms with Gasteiger partial charge in [-0.25, -0.2) is 9.18 Å². The fourth-order valence-electron chi connectivity index (χ4n) is 2.84. The number of rotatable bonds is 3. The number of carbonyl (C=O) groups is 2. The van der Waals surface area contributed by atoms with Gasteiger partial charge in [0.15, 0.2) is 0 Å². The molecule has 0 saturated carbocycles. The maximum atomic E-state index is 13.0. The highest BCUT2D eigenvalue weighted by Crippen LogP contribution is 2.18. The van der Waals surface area contributed by atoms with Crippen molar-refractivity contribution in [3.8, 4) is 0 Å². The summed E-state index contributed by atoms with van der Waals surface area (Å²) in [5, 5.41) is 0. The Labute approximate surface area is 160 Å². The zero-order valence-electron chi connectivity index (χ0n) is 14.4. The quantitative estimate of drug-likeness (QED) is 0.763. The van der Waals surface area contributed by atoms with Gasteiger partial charge in [-0.2, -0.15) is 0 Å². The molecule has 7 heteroatoms. The molecule has 2 aromatic rings. The lowest BCUT2D eigenvalue weighted by atomic mass is 10.2. The van der Waals surface area contributed by atoms with Crippen LogP contribution in [0.25, 0.3) is 0 Å². The molecule has 0 radical (unpaired) electrons. The molecule has 0 aliphatic carbocycles. The Hall–Kier alpha value is -2.41. The molecule has 0 bridgehead atoms. The molecule has 1 aliphatic rings. The van der Waals surface area contributed by atoms with E-state index in [2.05, 4.69) is 15.9 Å². The highest BCUT2D eigenvalue weighted by molar-refractivity contribution is 9.10. The minimum Gasteiger partial charge on any atom is -0.335 e. The zero-order chi connectivity index (χ0) is 18.7. The third-order valence-corrected chi connectivity index (χ3v) is 4.91. The van der Waals surface area contributed by atoms with E-state index >= 15 is 0 Å². The van der Waals surface area contributed by atoms with Gasteiger partial charge in [-0.05, 0) is 42.0 Å². The van der Waals surface area contributed by atoms with Crippen LogP contribution in [0.5, 0.6) is 0 Å². The van der Waals surface area contributed by atoms with Crippen molar-refractivity contribution < 1.29 is 14.0 Å². The molecule has 0 aromatic heterocycles. The van der Waals surface area contributed by atoms with Crippen LogP contribution < -0.4 is 4.90 Å². The second kappa shape index (κ2) is 7.86.